The second-order valence-corrected chi connectivity index (χ2v) is 4.13. The van der Waals surface area contributed by atoms with Crippen molar-refractivity contribution < 1.29 is 24.5 Å². The van der Waals surface area contributed by atoms with E-state index in [9.17, 15) is 14.7 Å². The molecule has 0 aromatic heterocycles. The summed E-state index contributed by atoms with van der Waals surface area (Å²) in [6.07, 6.45) is -1.65. The van der Waals surface area contributed by atoms with Crippen LogP contribution in [0.2, 0.25) is 0 Å². The molecule has 1 unspecified atom stereocenters. The van der Waals surface area contributed by atoms with E-state index in [0.717, 1.165) is 0 Å². The molecule has 0 aliphatic rings. The zero-order chi connectivity index (χ0) is 14.4. The molecule has 0 spiro atoms. The molecule has 1 rings (SSSR count). The van der Waals surface area contributed by atoms with Crippen LogP contribution in [0.15, 0.2) is 18.2 Å². The average molecular weight is 287 g/mol. The molecule has 19 heavy (non-hydrogen) atoms. The Balaban J connectivity index is 3.20. The van der Waals surface area contributed by atoms with E-state index in [-0.39, 0.29) is 29.4 Å². The first-order valence-corrected chi connectivity index (χ1v) is 6.27. The van der Waals surface area contributed by atoms with Crippen LogP contribution in [-0.2, 0) is 16.0 Å². The van der Waals surface area contributed by atoms with Crippen molar-refractivity contribution in [1.29, 1.82) is 0 Å². The number of aliphatic hydroxyl groups excluding tert-OH is 1. The molecule has 0 saturated heterocycles. The molecule has 1 aromatic rings. The first-order valence-electron chi connectivity index (χ1n) is 5.74. The van der Waals surface area contributed by atoms with E-state index >= 15 is 0 Å². The second kappa shape index (κ2) is 7.11. The van der Waals surface area contributed by atoms with Gasteiger partial charge in [0.25, 0.3) is 0 Å². The lowest BCUT2D eigenvalue weighted by atomic mass is 10.0. The lowest BCUT2D eigenvalue weighted by Gasteiger charge is -2.16. The summed E-state index contributed by atoms with van der Waals surface area (Å²) < 4.78 is 5.37. The minimum atomic E-state index is -1.69. The molecule has 0 aliphatic heterocycles. The summed E-state index contributed by atoms with van der Waals surface area (Å²) in [6.45, 7) is 2.03. The van der Waals surface area contributed by atoms with E-state index in [1.165, 1.54) is 6.07 Å². The maximum Gasteiger partial charge on any atom is 0.337 e. The van der Waals surface area contributed by atoms with E-state index in [1.807, 2.05) is 0 Å². The second-order valence-electron chi connectivity index (χ2n) is 3.86. The van der Waals surface area contributed by atoms with Gasteiger partial charge in [0.1, 0.15) is 5.75 Å². The highest BCUT2D eigenvalue weighted by Crippen LogP contribution is 2.30. The fourth-order valence-electron chi connectivity index (χ4n) is 1.67. The number of para-hydroxylation sites is 1. The van der Waals surface area contributed by atoms with Crippen molar-refractivity contribution in [2.75, 3.05) is 12.5 Å². The van der Waals surface area contributed by atoms with Crippen molar-refractivity contribution in [3.8, 4) is 5.75 Å². The minimum Gasteiger partial charge on any atom is -0.493 e. The van der Waals surface area contributed by atoms with Gasteiger partial charge in [0.15, 0.2) is 11.9 Å². The van der Waals surface area contributed by atoms with Crippen molar-refractivity contribution >= 4 is 23.4 Å². The lowest BCUT2D eigenvalue weighted by molar-refractivity contribution is -0.147. The van der Waals surface area contributed by atoms with E-state index in [2.05, 4.69) is 0 Å². The molecule has 0 radical (unpaired) electrons. The Morgan fingerprint density at radius 3 is 2.63 bits per heavy atom. The molecule has 0 heterocycles. The largest absolute Gasteiger partial charge is 0.493 e. The number of ether oxygens (including phenoxy) is 1. The van der Waals surface area contributed by atoms with Gasteiger partial charge in [-0.2, -0.15) is 0 Å². The first-order chi connectivity index (χ1) is 9.01. The number of ketones is 1. The van der Waals surface area contributed by atoms with Crippen LogP contribution in [0, 0.1) is 0 Å². The molecule has 6 heteroatoms. The molecule has 5 nitrogen and oxygen atoms in total. The Kier molecular flexibility index (Phi) is 5.79. The van der Waals surface area contributed by atoms with E-state index in [1.54, 1.807) is 19.1 Å². The number of rotatable bonds is 7. The molecule has 0 aliphatic carbocycles. The molecule has 0 saturated carbocycles. The summed E-state index contributed by atoms with van der Waals surface area (Å²) in [4.78, 5) is 22.2. The summed E-state index contributed by atoms with van der Waals surface area (Å²) in [5.74, 6) is -1.47. The molecular weight excluding hydrogens is 272 g/mol. The Morgan fingerprint density at radius 1 is 1.42 bits per heavy atom. The normalized spacial score (nSPS) is 11.9. The molecule has 0 bridgehead atoms. The zero-order valence-corrected chi connectivity index (χ0v) is 11.2. The number of alkyl halides is 1. The summed E-state index contributed by atoms with van der Waals surface area (Å²) in [7, 11) is 0. The summed E-state index contributed by atoms with van der Waals surface area (Å²) in [5.41, 5.74) is 0.652. The topological polar surface area (TPSA) is 83.8 Å². The SMILES string of the molecule is CCOc1c(CC(=O)CCl)cccc1C(O)C(=O)O. The van der Waals surface area contributed by atoms with E-state index in [0.29, 0.717) is 12.2 Å². The zero-order valence-electron chi connectivity index (χ0n) is 10.4. The summed E-state index contributed by atoms with van der Waals surface area (Å²) >= 11 is 5.45. The predicted molar refractivity (Wildman–Crippen MR) is 69.6 cm³/mol. The number of carbonyl (C=O) groups is 2. The van der Waals surface area contributed by atoms with Crippen molar-refractivity contribution in [2.45, 2.75) is 19.4 Å². The number of aliphatic carboxylic acids is 1. The van der Waals surface area contributed by atoms with Gasteiger partial charge in [0, 0.05) is 17.5 Å². The maximum atomic E-state index is 11.4. The molecule has 1 atom stereocenters. The molecule has 104 valence electrons. The van der Waals surface area contributed by atoms with Crippen molar-refractivity contribution in [3.05, 3.63) is 29.3 Å². The van der Waals surface area contributed by atoms with Gasteiger partial charge in [-0.3, -0.25) is 4.79 Å². The van der Waals surface area contributed by atoms with Crippen molar-refractivity contribution in [3.63, 3.8) is 0 Å². The molecule has 0 fully saturated rings. The van der Waals surface area contributed by atoms with Crippen LogP contribution in [0.4, 0.5) is 0 Å². The highest BCUT2D eigenvalue weighted by Gasteiger charge is 2.23. The predicted octanol–water partition coefficient (Wildman–Crippen LogP) is 1.55. The van der Waals surface area contributed by atoms with Gasteiger partial charge in [-0.1, -0.05) is 18.2 Å². The van der Waals surface area contributed by atoms with Gasteiger partial charge in [-0.15, -0.1) is 11.6 Å². The third-order valence-corrected chi connectivity index (χ3v) is 2.78. The number of carbonyl (C=O) groups excluding carboxylic acids is 1. The monoisotopic (exact) mass is 286 g/mol. The Hall–Kier alpha value is -1.59. The Bertz CT molecular complexity index is 472. The van der Waals surface area contributed by atoms with Crippen molar-refractivity contribution in [1.82, 2.24) is 0 Å². The number of benzene rings is 1. The standard InChI is InChI=1S/C13H15ClO5/c1-2-19-12-8(6-9(15)7-14)4-3-5-10(12)11(16)13(17)18/h3-5,11,16H,2,6-7H2,1H3,(H,17,18). The summed E-state index contributed by atoms with van der Waals surface area (Å²) in [5, 5.41) is 18.5. The van der Waals surface area contributed by atoms with Gasteiger partial charge >= 0.3 is 5.97 Å². The van der Waals surface area contributed by atoms with Crippen LogP contribution in [0.5, 0.6) is 5.75 Å². The minimum absolute atomic E-state index is 0.0407. The van der Waals surface area contributed by atoms with Gasteiger partial charge in [0.05, 0.1) is 12.5 Å². The van der Waals surface area contributed by atoms with Gasteiger partial charge < -0.3 is 14.9 Å². The number of carboxylic acids is 1. The van der Waals surface area contributed by atoms with Crippen LogP contribution in [0.25, 0.3) is 0 Å². The highest BCUT2D eigenvalue weighted by molar-refractivity contribution is 6.27. The fourth-order valence-corrected chi connectivity index (χ4v) is 1.77. The quantitative estimate of drug-likeness (QED) is 0.743. The molecule has 1 aromatic carbocycles. The maximum absolute atomic E-state index is 11.4. The first kappa shape index (κ1) is 15.5. The van der Waals surface area contributed by atoms with E-state index in [4.69, 9.17) is 21.4 Å². The number of halogens is 1. The van der Waals surface area contributed by atoms with E-state index < -0.39 is 12.1 Å². The van der Waals surface area contributed by atoms with Gasteiger partial charge in [-0.25, -0.2) is 4.79 Å². The number of carboxylic acid groups (broad SMARTS) is 1. The van der Waals surface area contributed by atoms with Crippen LogP contribution in [-0.4, -0.2) is 34.5 Å². The average Bonchev–Trinajstić information content (AvgIpc) is 2.39. The molecule has 0 amide bonds. The van der Waals surface area contributed by atoms with Crippen LogP contribution in [0.1, 0.15) is 24.2 Å². The number of aliphatic hydroxyl groups is 1. The third-order valence-electron chi connectivity index (χ3n) is 2.48. The highest BCUT2D eigenvalue weighted by atomic mass is 35.5. The Labute approximate surface area is 115 Å². The third kappa shape index (κ3) is 3.94. The lowest BCUT2D eigenvalue weighted by Crippen LogP contribution is -2.14. The van der Waals surface area contributed by atoms with Crippen LogP contribution < -0.4 is 4.74 Å². The van der Waals surface area contributed by atoms with Gasteiger partial charge in [-0.05, 0) is 6.92 Å². The summed E-state index contributed by atoms with van der Waals surface area (Å²) in [6, 6.07) is 4.67. The van der Waals surface area contributed by atoms with Gasteiger partial charge in [0.2, 0.25) is 0 Å². The number of hydrogen-bond acceptors (Lipinski definition) is 4. The molecule has 2 N–H and O–H groups in total. The molecular formula is C13H15ClO5. The number of hydrogen-bond donors (Lipinski definition) is 2. The van der Waals surface area contributed by atoms with Crippen molar-refractivity contribution in [2.24, 2.45) is 0 Å². The fraction of sp³-hybridized carbons (Fsp3) is 0.385. The smallest absolute Gasteiger partial charge is 0.337 e. The number of Topliss-reactive ketones (excluding diaryl/α,β-unsaturated/α-hetero) is 1. The van der Waals surface area contributed by atoms with Crippen LogP contribution >= 0.6 is 11.6 Å². The Morgan fingerprint density at radius 2 is 2.11 bits per heavy atom. The van der Waals surface area contributed by atoms with Crippen LogP contribution in [0.3, 0.4) is 0 Å².